The number of ether oxygens (including phenoxy) is 2. The SMILES string of the molecule is CCOC(=O)C1CC(N)c2ccccc2O1.O=C(O)C(F)(F)F. The highest BCUT2D eigenvalue weighted by Gasteiger charge is 2.38. The highest BCUT2D eigenvalue weighted by atomic mass is 19.4. The van der Waals surface area contributed by atoms with Gasteiger partial charge in [-0.1, -0.05) is 18.2 Å². The molecule has 0 radical (unpaired) electrons. The third-order valence-corrected chi connectivity index (χ3v) is 2.85. The minimum absolute atomic E-state index is 0.167. The van der Waals surface area contributed by atoms with E-state index in [0.717, 1.165) is 5.56 Å². The highest BCUT2D eigenvalue weighted by Crippen LogP contribution is 2.33. The molecule has 0 saturated heterocycles. The van der Waals surface area contributed by atoms with Crippen LogP contribution in [0.25, 0.3) is 0 Å². The van der Waals surface area contributed by atoms with Gasteiger partial charge in [-0.15, -0.1) is 0 Å². The number of fused-ring (bicyclic) bond motifs is 1. The fourth-order valence-corrected chi connectivity index (χ4v) is 1.83. The van der Waals surface area contributed by atoms with E-state index in [1.807, 2.05) is 24.3 Å². The van der Waals surface area contributed by atoms with Gasteiger partial charge in [-0.2, -0.15) is 13.2 Å². The number of carbonyl (C=O) groups is 2. The number of hydrogen-bond acceptors (Lipinski definition) is 5. The van der Waals surface area contributed by atoms with Gasteiger partial charge in [0.1, 0.15) is 5.75 Å². The van der Waals surface area contributed by atoms with Crippen LogP contribution in [0.3, 0.4) is 0 Å². The molecule has 1 aromatic carbocycles. The number of esters is 1. The molecule has 0 amide bonds. The fourth-order valence-electron chi connectivity index (χ4n) is 1.83. The van der Waals surface area contributed by atoms with Crippen molar-refractivity contribution in [2.45, 2.75) is 31.7 Å². The third kappa shape index (κ3) is 5.44. The minimum atomic E-state index is -5.08. The van der Waals surface area contributed by atoms with Crippen LogP contribution in [0.15, 0.2) is 24.3 Å². The topological polar surface area (TPSA) is 98.9 Å². The van der Waals surface area contributed by atoms with Crippen molar-refractivity contribution >= 4 is 11.9 Å². The monoisotopic (exact) mass is 335 g/mol. The summed E-state index contributed by atoms with van der Waals surface area (Å²) in [5.74, 6) is -2.42. The first-order chi connectivity index (χ1) is 10.7. The summed E-state index contributed by atoms with van der Waals surface area (Å²) in [5, 5.41) is 7.12. The normalized spacial score (nSPS) is 19.5. The Hall–Kier alpha value is -2.29. The number of halogens is 3. The molecule has 0 saturated carbocycles. The number of hydrogen-bond donors (Lipinski definition) is 2. The average Bonchev–Trinajstić information content (AvgIpc) is 2.47. The summed E-state index contributed by atoms with van der Waals surface area (Å²) in [5.41, 5.74) is 6.93. The van der Waals surface area contributed by atoms with Gasteiger partial charge in [-0.25, -0.2) is 9.59 Å². The molecule has 128 valence electrons. The molecule has 2 rings (SSSR count). The first kappa shape index (κ1) is 18.8. The zero-order chi connectivity index (χ0) is 17.6. The van der Waals surface area contributed by atoms with E-state index in [1.54, 1.807) is 6.92 Å². The Morgan fingerprint density at radius 1 is 1.39 bits per heavy atom. The predicted octanol–water partition coefficient (Wildman–Crippen LogP) is 2.03. The molecule has 0 aliphatic carbocycles. The molecule has 1 heterocycles. The quantitative estimate of drug-likeness (QED) is 0.803. The number of nitrogens with two attached hydrogens (primary N) is 1. The van der Waals surface area contributed by atoms with Gasteiger partial charge in [0, 0.05) is 18.0 Å². The van der Waals surface area contributed by atoms with Crippen LogP contribution in [0, 0.1) is 0 Å². The summed E-state index contributed by atoms with van der Waals surface area (Å²) < 4.78 is 42.2. The van der Waals surface area contributed by atoms with Crippen LogP contribution in [0.5, 0.6) is 5.75 Å². The van der Waals surface area contributed by atoms with Gasteiger partial charge in [0.05, 0.1) is 6.61 Å². The number of carbonyl (C=O) groups excluding carboxylic acids is 1. The average molecular weight is 335 g/mol. The lowest BCUT2D eigenvalue weighted by Crippen LogP contribution is -2.36. The van der Waals surface area contributed by atoms with Crippen LogP contribution >= 0.6 is 0 Å². The molecule has 2 atom stereocenters. The molecular weight excluding hydrogens is 319 g/mol. The van der Waals surface area contributed by atoms with E-state index in [9.17, 15) is 18.0 Å². The van der Waals surface area contributed by atoms with E-state index in [4.69, 9.17) is 25.1 Å². The number of rotatable bonds is 2. The maximum Gasteiger partial charge on any atom is 0.490 e. The Bertz CT molecular complexity index is 562. The van der Waals surface area contributed by atoms with E-state index in [-0.39, 0.29) is 12.0 Å². The van der Waals surface area contributed by atoms with Crippen LogP contribution in [-0.4, -0.2) is 35.9 Å². The number of alkyl halides is 3. The van der Waals surface area contributed by atoms with Crippen molar-refractivity contribution in [2.75, 3.05) is 6.61 Å². The summed E-state index contributed by atoms with van der Waals surface area (Å²) in [6, 6.07) is 7.34. The minimum Gasteiger partial charge on any atom is -0.478 e. The largest absolute Gasteiger partial charge is 0.490 e. The number of benzene rings is 1. The van der Waals surface area contributed by atoms with E-state index >= 15 is 0 Å². The Kier molecular flexibility index (Phi) is 6.38. The zero-order valence-corrected chi connectivity index (χ0v) is 12.2. The summed E-state index contributed by atoms with van der Waals surface area (Å²) in [6.45, 7) is 2.13. The Labute approximate surface area is 130 Å². The van der Waals surface area contributed by atoms with Gasteiger partial charge in [-0.05, 0) is 13.0 Å². The first-order valence-corrected chi connectivity index (χ1v) is 6.64. The molecule has 0 fully saturated rings. The van der Waals surface area contributed by atoms with Crippen LogP contribution in [0.4, 0.5) is 13.2 Å². The maximum atomic E-state index is 11.6. The molecule has 1 aromatic rings. The molecular formula is C14H16F3NO5. The fraction of sp³-hybridized carbons (Fsp3) is 0.429. The summed E-state index contributed by atoms with van der Waals surface area (Å²) in [4.78, 5) is 20.4. The Balaban J connectivity index is 0.000000322. The van der Waals surface area contributed by atoms with Gasteiger partial charge in [0.15, 0.2) is 6.10 Å². The second-order valence-corrected chi connectivity index (χ2v) is 4.54. The van der Waals surface area contributed by atoms with Gasteiger partial charge < -0.3 is 20.3 Å². The second kappa shape index (κ2) is 7.82. The lowest BCUT2D eigenvalue weighted by molar-refractivity contribution is -0.192. The third-order valence-electron chi connectivity index (χ3n) is 2.85. The van der Waals surface area contributed by atoms with Crippen LogP contribution in [0.1, 0.15) is 24.9 Å². The van der Waals surface area contributed by atoms with E-state index in [2.05, 4.69) is 0 Å². The molecule has 0 spiro atoms. The van der Waals surface area contributed by atoms with E-state index < -0.39 is 18.2 Å². The molecule has 3 N–H and O–H groups in total. The summed E-state index contributed by atoms with van der Waals surface area (Å²) >= 11 is 0. The summed E-state index contributed by atoms with van der Waals surface area (Å²) in [7, 11) is 0. The smallest absolute Gasteiger partial charge is 0.478 e. The molecule has 6 nitrogen and oxygen atoms in total. The molecule has 1 aliphatic heterocycles. The number of aliphatic carboxylic acids is 1. The number of carboxylic acids is 1. The van der Waals surface area contributed by atoms with Gasteiger partial charge in [0.25, 0.3) is 0 Å². The van der Waals surface area contributed by atoms with Crippen molar-refractivity contribution < 1.29 is 37.3 Å². The Morgan fingerprint density at radius 3 is 2.48 bits per heavy atom. The second-order valence-electron chi connectivity index (χ2n) is 4.54. The van der Waals surface area contributed by atoms with E-state index in [0.29, 0.717) is 18.8 Å². The van der Waals surface area contributed by atoms with Crippen molar-refractivity contribution in [1.82, 2.24) is 0 Å². The number of carboxylic acid groups (broad SMARTS) is 1. The molecule has 1 aliphatic rings. The number of para-hydroxylation sites is 1. The van der Waals surface area contributed by atoms with Crippen molar-refractivity contribution in [3.63, 3.8) is 0 Å². The summed E-state index contributed by atoms with van der Waals surface area (Å²) in [6.07, 6.45) is -5.19. The standard InChI is InChI=1S/C12H15NO3.C2HF3O2/c1-2-15-12(14)11-7-9(13)8-5-3-4-6-10(8)16-11;3-2(4,5)1(6)7/h3-6,9,11H,2,7,13H2,1H3;(H,6,7). The van der Waals surface area contributed by atoms with Crippen molar-refractivity contribution in [3.8, 4) is 5.75 Å². The lowest BCUT2D eigenvalue weighted by Gasteiger charge is -2.28. The molecule has 0 aromatic heterocycles. The van der Waals surface area contributed by atoms with Gasteiger partial charge in [-0.3, -0.25) is 0 Å². The Morgan fingerprint density at radius 2 is 1.96 bits per heavy atom. The molecule has 2 unspecified atom stereocenters. The van der Waals surface area contributed by atoms with Crippen LogP contribution in [-0.2, 0) is 14.3 Å². The first-order valence-electron chi connectivity index (χ1n) is 6.64. The predicted molar refractivity (Wildman–Crippen MR) is 72.7 cm³/mol. The van der Waals surface area contributed by atoms with Crippen molar-refractivity contribution in [1.29, 1.82) is 0 Å². The van der Waals surface area contributed by atoms with Crippen LogP contribution in [0.2, 0.25) is 0 Å². The van der Waals surface area contributed by atoms with Crippen LogP contribution < -0.4 is 10.5 Å². The lowest BCUT2D eigenvalue weighted by atomic mass is 9.97. The maximum absolute atomic E-state index is 11.6. The zero-order valence-electron chi connectivity index (χ0n) is 12.2. The van der Waals surface area contributed by atoms with Crippen molar-refractivity contribution in [2.24, 2.45) is 5.73 Å². The highest BCUT2D eigenvalue weighted by molar-refractivity contribution is 5.75. The van der Waals surface area contributed by atoms with E-state index in [1.165, 1.54) is 0 Å². The molecule has 0 bridgehead atoms. The molecule has 23 heavy (non-hydrogen) atoms. The van der Waals surface area contributed by atoms with Crippen molar-refractivity contribution in [3.05, 3.63) is 29.8 Å². The van der Waals surface area contributed by atoms with Gasteiger partial charge >= 0.3 is 18.1 Å². The molecule has 9 heteroatoms. The van der Waals surface area contributed by atoms with Gasteiger partial charge in [0.2, 0.25) is 0 Å².